The fourth-order valence-electron chi connectivity index (χ4n) is 1.73. The van der Waals surface area contributed by atoms with E-state index in [-0.39, 0.29) is 13.2 Å². The molecular weight excluding hydrogens is 280 g/mol. The molecule has 0 aromatic carbocycles. The highest BCUT2D eigenvalue weighted by Gasteiger charge is 2.32. The summed E-state index contributed by atoms with van der Waals surface area (Å²) in [7, 11) is 1.06. The summed E-state index contributed by atoms with van der Waals surface area (Å²) in [6, 6.07) is 0.704. The van der Waals surface area contributed by atoms with Crippen LogP contribution in [0.5, 0.6) is 0 Å². The van der Waals surface area contributed by atoms with Gasteiger partial charge in [0.15, 0.2) is 5.92 Å². The Morgan fingerprint density at radius 3 is 1.80 bits per heavy atom. The lowest BCUT2D eigenvalue weighted by Gasteiger charge is -2.23. The van der Waals surface area contributed by atoms with Crippen LogP contribution in [0.2, 0.25) is 12.6 Å². The van der Waals surface area contributed by atoms with E-state index in [1.54, 1.807) is 28.1 Å². The van der Waals surface area contributed by atoms with Crippen molar-refractivity contribution in [2.75, 3.05) is 27.4 Å². The Morgan fingerprint density at radius 1 is 1.00 bits per heavy atom. The summed E-state index contributed by atoms with van der Waals surface area (Å²) < 4.78 is 20.6. The van der Waals surface area contributed by atoms with Crippen molar-refractivity contribution >= 4 is 20.5 Å². The SMILES string of the molecule is CCOC(=O)C(CCC[Si](C)(OC)OC)C(=O)OCC. The molecule has 0 aliphatic heterocycles. The summed E-state index contributed by atoms with van der Waals surface area (Å²) in [4.78, 5) is 23.6. The molecule has 0 aromatic heterocycles. The summed E-state index contributed by atoms with van der Waals surface area (Å²) in [6.07, 6.45) is 1.03. The quantitative estimate of drug-likeness (QED) is 0.348. The first-order valence-corrected chi connectivity index (χ1v) is 9.40. The van der Waals surface area contributed by atoms with E-state index in [0.29, 0.717) is 18.9 Å². The molecule has 118 valence electrons. The second-order valence-corrected chi connectivity index (χ2v) is 8.08. The van der Waals surface area contributed by atoms with Gasteiger partial charge < -0.3 is 18.3 Å². The molecule has 0 unspecified atom stereocenters. The lowest BCUT2D eigenvalue weighted by atomic mass is 10.0. The number of esters is 2. The molecule has 0 rings (SSSR count). The number of carbonyl (C=O) groups excluding carboxylic acids is 2. The molecule has 0 radical (unpaired) electrons. The Balaban J connectivity index is 4.50. The van der Waals surface area contributed by atoms with E-state index in [1.165, 1.54) is 0 Å². The fourth-order valence-corrected chi connectivity index (χ4v) is 3.15. The van der Waals surface area contributed by atoms with Crippen LogP contribution >= 0.6 is 0 Å². The van der Waals surface area contributed by atoms with Crippen molar-refractivity contribution in [3.05, 3.63) is 0 Å². The molecule has 0 heterocycles. The lowest BCUT2D eigenvalue weighted by Crippen LogP contribution is -2.36. The van der Waals surface area contributed by atoms with E-state index in [0.717, 1.165) is 0 Å². The van der Waals surface area contributed by atoms with E-state index < -0.39 is 26.4 Å². The first-order valence-electron chi connectivity index (χ1n) is 6.87. The number of carbonyl (C=O) groups is 2. The van der Waals surface area contributed by atoms with Gasteiger partial charge in [0.05, 0.1) is 13.2 Å². The van der Waals surface area contributed by atoms with Gasteiger partial charge in [-0.2, -0.15) is 0 Å². The first-order chi connectivity index (χ1) is 9.44. The maximum absolute atomic E-state index is 11.8. The molecule has 0 amide bonds. The summed E-state index contributed by atoms with van der Waals surface area (Å²) in [5.41, 5.74) is 0. The number of hydrogen-bond acceptors (Lipinski definition) is 6. The summed E-state index contributed by atoms with van der Waals surface area (Å²) in [5, 5.41) is 0. The third kappa shape index (κ3) is 6.49. The van der Waals surface area contributed by atoms with Gasteiger partial charge in [-0.05, 0) is 39.3 Å². The summed E-state index contributed by atoms with van der Waals surface area (Å²) in [5.74, 6) is -1.91. The number of hydrogen-bond donors (Lipinski definition) is 0. The van der Waals surface area contributed by atoms with Gasteiger partial charge in [-0.25, -0.2) is 0 Å². The average molecular weight is 306 g/mol. The Hall–Kier alpha value is -0.923. The molecule has 0 atom stereocenters. The van der Waals surface area contributed by atoms with Crippen molar-refractivity contribution in [3.8, 4) is 0 Å². The third-order valence-corrected chi connectivity index (χ3v) is 6.12. The molecule has 0 aromatic rings. The minimum absolute atomic E-state index is 0.247. The monoisotopic (exact) mass is 306 g/mol. The average Bonchev–Trinajstić information content (AvgIpc) is 2.43. The van der Waals surface area contributed by atoms with E-state index in [4.69, 9.17) is 18.3 Å². The van der Waals surface area contributed by atoms with Gasteiger partial charge in [0, 0.05) is 14.2 Å². The van der Waals surface area contributed by atoms with Crippen LogP contribution in [0.4, 0.5) is 0 Å². The zero-order valence-corrected chi connectivity index (χ0v) is 14.1. The number of ether oxygens (including phenoxy) is 2. The third-order valence-electron chi connectivity index (χ3n) is 3.13. The van der Waals surface area contributed by atoms with Crippen LogP contribution in [0.15, 0.2) is 0 Å². The van der Waals surface area contributed by atoms with Gasteiger partial charge in [-0.3, -0.25) is 9.59 Å². The largest absolute Gasteiger partial charge is 0.465 e. The van der Waals surface area contributed by atoms with Crippen molar-refractivity contribution < 1.29 is 27.9 Å². The minimum atomic E-state index is -2.17. The Bertz CT molecular complexity index is 285. The molecule has 0 fully saturated rings. The standard InChI is InChI=1S/C13H26O6Si/c1-6-18-12(14)11(13(15)19-7-2)9-8-10-20(5,16-3)17-4/h11H,6-10H2,1-5H3. The Labute approximate surface area is 122 Å². The van der Waals surface area contributed by atoms with E-state index in [1.807, 2.05) is 6.55 Å². The van der Waals surface area contributed by atoms with E-state index in [9.17, 15) is 9.59 Å². The summed E-state index contributed by atoms with van der Waals surface area (Å²) in [6.45, 7) is 5.85. The van der Waals surface area contributed by atoms with Crippen LogP contribution in [-0.2, 0) is 27.9 Å². The molecule has 0 aliphatic carbocycles. The normalized spacial score (nSPS) is 11.5. The van der Waals surface area contributed by atoms with Crippen molar-refractivity contribution in [2.24, 2.45) is 5.92 Å². The van der Waals surface area contributed by atoms with Crippen LogP contribution in [0.25, 0.3) is 0 Å². The van der Waals surface area contributed by atoms with Crippen LogP contribution in [0.3, 0.4) is 0 Å². The zero-order valence-electron chi connectivity index (χ0n) is 13.1. The molecule has 0 N–H and O–H groups in total. The van der Waals surface area contributed by atoms with Crippen molar-refractivity contribution in [3.63, 3.8) is 0 Å². The second kappa shape index (κ2) is 9.90. The molecule has 0 saturated heterocycles. The van der Waals surface area contributed by atoms with Gasteiger partial charge in [-0.1, -0.05) is 0 Å². The molecule has 7 heteroatoms. The Morgan fingerprint density at radius 2 is 1.45 bits per heavy atom. The maximum Gasteiger partial charge on any atom is 0.334 e. The topological polar surface area (TPSA) is 71.1 Å². The molecular formula is C13H26O6Si. The van der Waals surface area contributed by atoms with E-state index in [2.05, 4.69) is 0 Å². The van der Waals surface area contributed by atoms with Gasteiger partial charge in [0.2, 0.25) is 0 Å². The van der Waals surface area contributed by atoms with Crippen LogP contribution in [-0.4, -0.2) is 47.9 Å². The first kappa shape index (κ1) is 19.1. The Kier molecular flexibility index (Phi) is 9.44. The van der Waals surface area contributed by atoms with Gasteiger partial charge >= 0.3 is 20.5 Å². The molecule has 0 saturated carbocycles. The predicted molar refractivity (Wildman–Crippen MR) is 76.4 cm³/mol. The van der Waals surface area contributed by atoms with Gasteiger partial charge in [0.1, 0.15) is 0 Å². The van der Waals surface area contributed by atoms with Crippen molar-refractivity contribution in [1.82, 2.24) is 0 Å². The minimum Gasteiger partial charge on any atom is -0.465 e. The zero-order chi connectivity index (χ0) is 15.6. The highest BCUT2D eigenvalue weighted by molar-refractivity contribution is 6.65. The summed E-state index contributed by atoms with van der Waals surface area (Å²) >= 11 is 0. The van der Waals surface area contributed by atoms with Crippen LogP contribution < -0.4 is 0 Å². The van der Waals surface area contributed by atoms with Gasteiger partial charge in [0.25, 0.3) is 0 Å². The second-order valence-electron chi connectivity index (χ2n) is 4.49. The highest BCUT2D eigenvalue weighted by Crippen LogP contribution is 2.20. The molecule has 20 heavy (non-hydrogen) atoms. The van der Waals surface area contributed by atoms with Crippen LogP contribution in [0.1, 0.15) is 26.7 Å². The van der Waals surface area contributed by atoms with Crippen molar-refractivity contribution in [2.45, 2.75) is 39.3 Å². The molecule has 0 spiro atoms. The number of rotatable bonds is 10. The van der Waals surface area contributed by atoms with Crippen LogP contribution in [0, 0.1) is 5.92 Å². The van der Waals surface area contributed by atoms with E-state index >= 15 is 0 Å². The van der Waals surface area contributed by atoms with Crippen molar-refractivity contribution in [1.29, 1.82) is 0 Å². The maximum atomic E-state index is 11.8. The molecule has 0 bridgehead atoms. The smallest absolute Gasteiger partial charge is 0.334 e. The predicted octanol–water partition coefficient (Wildman–Crippen LogP) is 1.87. The molecule has 6 nitrogen and oxygen atoms in total. The van der Waals surface area contributed by atoms with Gasteiger partial charge in [-0.15, -0.1) is 0 Å². The fraction of sp³-hybridized carbons (Fsp3) is 0.846. The molecule has 0 aliphatic rings. The lowest BCUT2D eigenvalue weighted by molar-refractivity contribution is -0.161. The highest BCUT2D eigenvalue weighted by atomic mass is 28.4.